The summed E-state index contributed by atoms with van der Waals surface area (Å²) in [7, 11) is 0.382. The average molecular weight is 420 g/mol. The zero-order chi connectivity index (χ0) is 21.0. The molecule has 156 valence electrons. The number of hydrogen-bond acceptors (Lipinski definition) is 6. The molecular formula is C20H24N2O6S. The van der Waals surface area contributed by atoms with Gasteiger partial charge in [-0.1, -0.05) is 6.07 Å². The predicted octanol–water partition coefficient (Wildman–Crippen LogP) is 2.43. The van der Waals surface area contributed by atoms with E-state index in [-0.39, 0.29) is 23.2 Å². The van der Waals surface area contributed by atoms with Gasteiger partial charge in [-0.3, -0.25) is 9.52 Å². The molecule has 8 nitrogen and oxygen atoms in total. The number of rotatable bonds is 7. The molecule has 0 saturated heterocycles. The Bertz CT molecular complexity index is 1010. The summed E-state index contributed by atoms with van der Waals surface area (Å²) in [5, 5.41) is 0. The van der Waals surface area contributed by atoms with Crippen molar-refractivity contribution in [1.29, 1.82) is 0 Å². The van der Waals surface area contributed by atoms with E-state index in [0.717, 1.165) is 18.4 Å². The normalized spacial score (nSPS) is 13.6. The Morgan fingerprint density at radius 1 is 1.10 bits per heavy atom. The lowest BCUT2D eigenvalue weighted by Gasteiger charge is -2.30. The molecule has 0 atom stereocenters. The van der Waals surface area contributed by atoms with E-state index >= 15 is 0 Å². The minimum Gasteiger partial charge on any atom is -0.497 e. The van der Waals surface area contributed by atoms with E-state index in [1.807, 2.05) is 6.07 Å². The summed E-state index contributed by atoms with van der Waals surface area (Å²) < 4.78 is 43.8. The third kappa shape index (κ3) is 4.46. The van der Waals surface area contributed by atoms with Gasteiger partial charge < -0.3 is 19.1 Å². The molecule has 3 rings (SSSR count). The van der Waals surface area contributed by atoms with Gasteiger partial charge in [0, 0.05) is 25.4 Å². The molecule has 1 N–H and O–H groups in total. The van der Waals surface area contributed by atoms with Crippen LogP contribution in [0.2, 0.25) is 0 Å². The zero-order valence-electron chi connectivity index (χ0n) is 16.6. The van der Waals surface area contributed by atoms with Crippen molar-refractivity contribution < 1.29 is 27.4 Å². The van der Waals surface area contributed by atoms with Gasteiger partial charge in [-0.25, -0.2) is 8.42 Å². The standard InChI is InChI=1S/C20H24N2O6S/c1-26-13-20(23)22-10-4-5-14-6-7-15(11-17(14)22)21-29(24,25)19-12-16(27-2)8-9-18(19)28-3/h6-9,11-12,21H,4-5,10,13H2,1-3H3. The minimum atomic E-state index is -3.95. The number of amides is 1. The molecule has 9 heteroatoms. The first kappa shape index (κ1) is 20.9. The maximum absolute atomic E-state index is 13.0. The lowest BCUT2D eigenvalue weighted by Crippen LogP contribution is -2.37. The first-order chi connectivity index (χ1) is 13.9. The van der Waals surface area contributed by atoms with E-state index in [0.29, 0.717) is 23.7 Å². The number of ether oxygens (including phenoxy) is 3. The molecule has 1 amide bonds. The van der Waals surface area contributed by atoms with Crippen molar-refractivity contribution in [2.75, 3.05) is 44.1 Å². The Morgan fingerprint density at radius 3 is 2.59 bits per heavy atom. The number of carbonyl (C=O) groups excluding carboxylic acids is 1. The van der Waals surface area contributed by atoms with Gasteiger partial charge >= 0.3 is 0 Å². The van der Waals surface area contributed by atoms with E-state index in [2.05, 4.69) is 4.72 Å². The Labute approximate surface area is 170 Å². The van der Waals surface area contributed by atoms with Crippen LogP contribution in [0.5, 0.6) is 11.5 Å². The molecule has 0 radical (unpaired) electrons. The van der Waals surface area contributed by atoms with Crippen molar-refractivity contribution in [1.82, 2.24) is 0 Å². The van der Waals surface area contributed by atoms with E-state index in [1.165, 1.54) is 33.5 Å². The van der Waals surface area contributed by atoms with Gasteiger partial charge in [-0.2, -0.15) is 0 Å². The maximum Gasteiger partial charge on any atom is 0.265 e. The fraction of sp³-hybridized carbons (Fsp3) is 0.350. The molecule has 0 aromatic heterocycles. The van der Waals surface area contributed by atoms with Crippen LogP contribution in [0.3, 0.4) is 0 Å². The van der Waals surface area contributed by atoms with Gasteiger partial charge in [0.15, 0.2) is 0 Å². The Hall–Kier alpha value is -2.78. The zero-order valence-corrected chi connectivity index (χ0v) is 17.4. The number of carbonyl (C=O) groups is 1. The van der Waals surface area contributed by atoms with Crippen LogP contribution in [-0.2, 0) is 26.0 Å². The van der Waals surface area contributed by atoms with Crippen molar-refractivity contribution in [3.05, 3.63) is 42.0 Å². The largest absolute Gasteiger partial charge is 0.497 e. The molecule has 1 aliphatic heterocycles. The number of hydrogen-bond donors (Lipinski definition) is 1. The van der Waals surface area contributed by atoms with E-state index in [4.69, 9.17) is 14.2 Å². The van der Waals surface area contributed by atoms with Crippen molar-refractivity contribution in [3.8, 4) is 11.5 Å². The second-order valence-electron chi connectivity index (χ2n) is 6.55. The van der Waals surface area contributed by atoms with Crippen molar-refractivity contribution in [2.24, 2.45) is 0 Å². The van der Waals surface area contributed by atoms with Gasteiger partial charge in [0.25, 0.3) is 15.9 Å². The van der Waals surface area contributed by atoms with Crippen molar-refractivity contribution in [2.45, 2.75) is 17.7 Å². The van der Waals surface area contributed by atoms with Gasteiger partial charge in [-0.15, -0.1) is 0 Å². The molecule has 29 heavy (non-hydrogen) atoms. The third-order valence-corrected chi connectivity index (χ3v) is 6.09. The topological polar surface area (TPSA) is 94.2 Å². The van der Waals surface area contributed by atoms with Gasteiger partial charge in [0.2, 0.25) is 0 Å². The van der Waals surface area contributed by atoms with Crippen LogP contribution < -0.4 is 19.1 Å². The third-order valence-electron chi connectivity index (χ3n) is 4.69. The molecule has 0 bridgehead atoms. The Kier molecular flexibility index (Phi) is 6.29. The van der Waals surface area contributed by atoms with Crippen LogP contribution in [0.1, 0.15) is 12.0 Å². The number of nitrogens with one attached hydrogen (secondary N) is 1. The summed E-state index contributed by atoms with van der Waals surface area (Å²) in [6.45, 7) is 0.533. The molecule has 1 heterocycles. The van der Waals surface area contributed by atoms with Crippen LogP contribution in [0.4, 0.5) is 11.4 Å². The average Bonchev–Trinajstić information content (AvgIpc) is 2.72. The van der Waals surface area contributed by atoms with Gasteiger partial charge in [0.1, 0.15) is 23.0 Å². The number of nitrogens with zero attached hydrogens (tertiary/aromatic N) is 1. The van der Waals surface area contributed by atoms with Crippen LogP contribution in [-0.4, -0.2) is 48.8 Å². The fourth-order valence-corrected chi connectivity index (χ4v) is 4.54. The molecule has 0 saturated carbocycles. The van der Waals surface area contributed by atoms with Crippen LogP contribution >= 0.6 is 0 Å². The monoisotopic (exact) mass is 420 g/mol. The SMILES string of the molecule is COCC(=O)N1CCCc2ccc(NS(=O)(=O)c3cc(OC)ccc3OC)cc21. The van der Waals surface area contributed by atoms with Gasteiger partial charge in [-0.05, 0) is 42.7 Å². The molecular weight excluding hydrogens is 396 g/mol. The highest BCUT2D eigenvalue weighted by Gasteiger charge is 2.25. The lowest BCUT2D eigenvalue weighted by atomic mass is 10.0. The number of aryl methyl sites for hydroxylation is 1. The molecule has 2 aromatic carbocycles. The summed E-state index contributed by atoms with van der Waals surface area (Å²) in [6, 6.07) is 9.75. The smallest absolute Gasteiger partial charge is 0.265 e. The lowest BCUT2D eigenvalue weighted by molar-refractivity contribution is -0.122. The summed E-state index contributed by atoms with van der Waals surface area (Å²) >= 11 is 0. The predicted molar refractivity (Wildman–Crippen MR) is 109 cm³/mol. The number of benzene rings is 2. The molecule has 1 aliphatic rings. The molecule has 0 aliphatic carbocycles. The molecule has 0 fully saturated rings. The summed E-state index contributed by atoms with van der Waals surface area (Å²) in [4.78, 5) is 14.0. The second-order valence-corrected chi connectivity index (χ2v) is 8.20. The molecule has 2 aromatic rings. The maximum atomic E-state index is 13.0. The van der Waals surface area contributed by atoms with Crippen molar-refractivity contribution in [3.63, 3.8) is 0 Å². The van der Waals surface area contributed by atoms with Gasteiger partial charge in [0.05, 0.1) is 19.9 Å². The highest BCUT2D eigenvalue weighted by Crippen LogP contribution is 2.33. The van der Waals surface area contributed by atoms with E-state index in [1.54, 1.807) is 23.1 Å². The number of fused-ring (bicyclic) bond motifs is 1. The molecule has 0 spiro atoms. The Morgan fingerprint density at radius 2 is 1.90 bits per heavy atom. The fourth-order valence-electron chi connectivity index (χ4n) is 3.30. The number of methoxy groups -OCH3 is 3. The second kappa shape index (κ2) is 8.71. The first-order valence-corrected chi connectivity index (χ1v) is 10.5. The van der Waals surface area contributed by atoms with Crippen LogP contribution in [0.25, 0.3) is 0 Å². The first-order valence-electron chi connectivity index (χ1n) is 9.06. The highest BCUT2D eigenvalue weighted by molar-refractivity contribution is 7.92. The minimum absolute atomic E-state index is 0.0313. The summed E-state index contributed by atoms with van der Waals surface area (Å²) in [5.41, 5.74) is 2.03. The summed E-state index contributed by atoms with van der Waals surface area (Å²) in [5.74, 6) is 0.434. The van der Waals surface area contributed by atoms with E-state index in [9.17, 15) is 13.2 Å². The van der Waals surface area contributed by atoms with E-state index < -0.39 is 10.0 Å². The highest BCUT2D eigenvalue weighted by atomic mass is 32.2. The van der Waals surface area contributed by atoms with Crippen LogP contribution in [0, 0.1) is 0 Å². The Balaban J connectivity index is 1.95. The summed E-state index contributed by atoms with van der Waals surface area (Å²) in [6.07, 6.45) is 1.66. The quantitative estimate of drug-likeness (QED) is 0.739. The number of anilines is 2. The number of sulfonamides is 1. The van der Waals surface area contributed by atoms with Crippen molar-refractivity contribution >= 4 is 27.3 Å². The molecule has 0 unspecified atom stereocenters. The van der Waals surface area contributed by atoms with Crippen LogP contribution in [0.15, 0.2) is 41.3 Å².